The van der Waals surface area contributed by atoms with Crippen LogP contribution in [0.5, 0.6) is 17.2 Å². The van der Waals surface area contributed by atoms with Crippen LogP contribution in [0.15, 0.2) is 84.1 Å². The van der Waals surface area contributed by atoms with Crippen LogP contribution in [0.1, 0.15) is 47.1 Å². The molecule has 1 aliphatic heterocycles. The number of methoxy groups -OCH3 is 1. The number of ether oxygens (including phenoxy) is 1. The van der Waals surface area contributed by atoms with Gasteiger partial charge < -0.3 is 20.3 Å². The lowest BCUT2D eigenvalue weighted by Crippen LogP contribution is -2.30. The maximum Gasteiger partial charge on any atom is 0.162 e. The number of fused-ring (bicyclic) bond motifs is 1. The third-order valence-corrected chi connectivity index (χ3v) is 7.36. The number of anilines is 1. The molecule has 3 N–H and O–H groups in total. The standard InChI is InChI=1S/C30H27N3O4/c1-17-27-28(19-10-13-24(35)26(16-19)37-2)29-23(31-30(27)33(32-17)21-6-4-3-5-7-21)14-20(15-25(29)36)18-8-11-22(34)12-9-18/h3-13,16,20,28,31,34-35H,14-15H2,1-2H3/t20-,28-/m0/s1. The van der Waals surface area contributed by atoms with Crippen LogP contribution in [-0.4, -0.2) is 32.9 Å². The predicted octanol–water partition coefficient (Wildman–Crippen LogP) is 5.56. The molecule has 0 unspecified atom stereocenters. The summed E-state index contributed by atoms with van der Waals surface area (Å²) in [6.45, 7) is 1.96. The Kier molecular flexibility index (Phi) is 5.48. The van der Waals surface area contributed by atoms with E-state index in [1.54, 1.807) is 24.3 Å². The first-order valence-corrected chi connectivity index (χ1v) is 12.3. The Morgan fingerprint density at radius 2 is 1.70 bits per heavy atom. The van der Waals surface area contributed by atoms with Gasteiger partial charge in [-0.25, -0.2) is 4.68 Å². The maximum absolute atomic E-state index is 13.8. The van der Waals surface area contributed by atoms with Crippen LogP contribution in [0.4, 0.5) is 5.82 Å². The molecule has 0 spiro atoms. The minimum atomic E-state index is -0.355. The first kappa shape index (κ1) is 22.9. The largest absolute Gasteiger partial charge is 0.508 e. The van der Waals surface area contributed by atoms with Crippen LogP contribution in [0, 0.1) is 6.92 Å². The monoisotopic (exact) mass is 493 g/mol. The molecule has 7 nitrogen and oxygen atoms in total. The van der Waals surface area contributed by atoms with Gasteiger partial charge in [0.1, 0.15) is 11.6 Å². The number of allylic oxidation sites excluding steroid dienone is 2. The third-order valence-electron chi connectivity index (χ3n) is 7.36. The Morgan fingerprint density at radius 1 is 0.973 bits per heavy atom. The number of phenolic OH excluding ortho intramolecular Hbond substituents is 2. The Morgan fingerprint density at radius 3 is 2.43 bits per heavy atom. The predicted molar refractivity (Wildman–Crippen MR) is 141 cm³/mol. The molecular weight excluding hydrogens is 466 g/mol. The van der Waals surface area contributed by atoms with E-state index in [9.17, 15) is 15.0 Å². The number of benzene rings is 3. The van der Waals surface area contributed by atoms with Gasteiger partial charge in [0.05, 0.1) is 18.5 Å². The quantitative estimate of drug-likeness (QED) is 0.345. The maximum atomic E-state index is 13.8. The molecule has 3 aromatic carbocycles. The molecule has 1 aromatic heterocycles. The molecule has 186 valence electrons. The van der Waals surface area contributed by atoms with Crippen LogP contribution in [0.25, 0.3) is 5.69 Å². The zero-order valence-electron chi connectivity index (χ0n) is 20.6. The molecule has 1 aliphatic carbocycles. The molecule has 0 radical (unpaired) electrons. The van der Waals surface area contributed by atoms with E-state index in [1.807, 2.05) is 60.1 Å². The number of para-hydroxylation sites is 1. The highest BCUT2D eigenvalue weighted by Crippen LogP contribution is 2.50. The van der Waals surface area contributed by atoms with Crippen LogP contribution in [0.3, 0.4) is 0 Å². The molecule has 0 saturated carbocycles. The van der Waals surface area contributed by atoms with E-state index < -0.39 is 0 Å². The number of ketones is 1. The number of aryl methyl sites for hydroxylation is 1. The molecule has 0 amide bonds. The van der Waals surface area contributed by atoms with Crippen molar-refractivity contribution in [1.29, 1.82) is 0 Å². The molecule has 4 aromatic rings. The summed E-state index contributed by atoms with van der Waals surface area (Å²) in [5.74, 6) is 1.15. The lowest BCUT2D eigenvalue weighted by atomic mass is 9.72. The summed E-state index contributed by atoms with van der Waals surface area (Å²) < 4.78 is 7.31. The number of nitrogens with one attached hydrogen (secondary N) is 1. The second-order valence-electron chi connectivity index (χ2n) is 9.60. The molecular formula is C30H27N3O4. The summed E-state index contributed by atoms with van der Waals surface area (Å²) in [4.78, 5) is 13.8. The Balaban J connectivity index is 1.53. The summed E-state index contributed by atoms with van der Waals surface area (Å²) in [5.41, 5.74) is 6.15. The highest BCUT2D eigenvalue weighted by atomic mass is 16.5. The lowest BCUT2D eigenvalue weighted by Gasteiger charge is -2.36. The molecule has 37 heavy (non-hydrogen) atoms. The summed E-state index contributed by atoms with van der Waals surface area (Å²) in [7, 11) is 1.52. The number of aromatic hydroxyl groups is 2. The normalized spacial score (nSPS) is 18.7. The number of nitrogens with zero attached hydrogens (tertiary/aromatic N) is 2. The van der Waals surface area contributed by atoms with Crippen molar-refractivity contribution in [3.63, 3.8) is 0 Å². The van der Waals surface area contributed by atoms with Crippen LogP contribution in [-0.2, 0) is 4.79 Å². The Hall–Kier alpha value is -4.52. The first-order chi connectivity index (χ1) is 17.9. The number of phenols is 2. The number of Topliss-reactive ketones (excluding diaryl/α,β-unsaturated/α-hetero) is 1. The fourth-order valence-corrected chi connectivity index (χ4v) is 5.62. The molecule has 2 atom stereocenters. The SMILES string of the molecule is COc1cc([C@@H]2C3=C(C[C@H](c4ccc(O)cc4)CC3=O)Nc3c2c(C)nn3-c2ccccc2)ccc1O. The van der Waals surface area contributed by atoms with Crippen LogP contribution in [0.2, 0.25) is 0 Å². The average molecular weight is 494 g/mol. The van der Waals surface area contributed by atoms with Gasteiger partial charge in [0.25, 0.3) is 0 Å². The van der Waals surface area contributed by atoms with Gasteiger partial charge in [-0.15, -0.1) is 0 Å². The van der Waals surface area contributed by atoms with Crippen LogP contribution < -0.4 is 10.1 Å². The van der Waals surface area contributed by atoms with Crippen molar-refractivity contribution in [2.45, 2.75) is 31.6 Å². The van der Waals surface area contributed by atoms with Gasteiger partial charge in [-0.1, -0.05) is 36.4 Å². The van der Waals surface area contributed by atoms with E-state index in [1.165, 1.54) is 7.11 Å². The van der Waals surface area contributed by atoms with E-state index >= 15 is 0 Å². The van der Waals surface area contributed by atoms with Crippen molar-refractivity contribution in [3.8, 4) is 22.9 Å². The molecule has 7 heteroatoms. The zero-order valence-corrected chi connectivity index (χ0v) is 20.6. The van der Waals surface area contributed by atoms with Gasteiger partial charge in [0, 0.05) is 29.2 Å². The highest BCUT2D eigenvalue weighted by molar-refractivity contribution is 6.02. The van der Waals surface area contributed by atoms with E-state index in [2.05, 4.69) is 5.32 Å². The van der Waals surface area contributed by atoms with E-state index in [0.29, 0.717) is 18.6 Å². The fraction of sp³-hybridized carbons (Fsp3) is 0.200. The van der Waals surface area contributed by atoms with Gasteiger partial charge in [0.15, 0.2) is 17.3 Å². The van der Waals surface area contributed by atoms with Crippen LogP contribution >= 0.6 is 0 Å². The van der Waals surface area contributed by atoms with Crippen molar-refractivity contribution in [3.05, 3.63) is 106 Å². The number of aromatic nitrogens is 2. The van der Waals surface area contributed by atoms with Gasteiger partial charge >= 0.3 is 0 Å². The average Bonchev–Trinajstić information content (AvgIpc) is 3.24. The highest BCUT2D eigenvalue weighted by Gasteiger charge is 2.41. The molecule has 2 heterocycles. The van der Waals surface area contributed by atoms with Crippen molar-refractivity contribution in [2.75, 3.05) is 12.4 Å². The van der Waals surface area contributed by atoms with E-state index in [0.717, 1.165) is 45.2 Å². The second kappa shape index (κ2) is 8.85. The minimum Gasteiger partial charge on any atom is -0.508 e. The summed E-state index contributed by atoms with van der Waals surface area (Å²) in [5, 5.41) is 28.5. The van der Waals surface area contributed by atoms with Gasteiger partial charge in [-0.2, -0.15) is 5.10 Å². The summed E-state index contributed by atoms with van der Waals surface area (Å²) in [6, 6.07) is 22.3. The van der Waals surface area contributed by atoms with Crippen molar-refractivity contribution in [2.24, 2.45) is 0 Å². The lowest BCUT2D eigenvalue weighted by molar-refractivity contribution is -0.116. The third kappa shape index (κ3) is 3.83. The van der Waals surface area contributed by atoms with Crippen molar-refractivity contribution in [1.82, 2.24) is 9.78 Å². The molecule has 6 rings (SSSR count). The molecule has 0 bridgehead atoms. The van der Waals surface area contributed by atoms with Gasteiger partial charge in [-0.3, -0.25) is 4.79 Å². The molecule has 0 fully saturated rings. The number of rotatable bonds is 4. The Labute approximate surface area is 214 Å². The van der Waals surface area contributed by atoms with Gasteiger partial charge in [-0.05, 0) is 66.8 Å². The topological polar surface area (TPSA) is 96.6 Å². The molecule has 2 aliphatic rings. The minimum absolute atomic E-state index is 0.00917. The smallest absolute Gasteiger partial charge is 0.162 e. The number of hydrogen-bond acceptors (Lipinski definition) is 6. The Bertz CT molecular complexity index is 1540. The summed E-state index contributed by atoms with van der Waals surface area (Å²) in [6.07, 6.45) is 1.02. The number of hydrogen-bond donors (Lipinski definition) is 3. The first-order valence-electron chi connectivity index (χ1n) is 12.3. The van der Waals surface area contributed by atoms with Crippen molar-refractivity contribution >= 4 is 11.6 Å². The fourth-order valence-electron chi connectivity index (χ4n) is 5.62. The van der Waals surface area contributed by atoms with Gasteiger partial charge in [0.2, 0.25) is 0 Å². The number of carbonyl (C=O) groups is 1. The van der Waals surface area contributed by atoms with Crippen molar-refractivity contribution < 1.29 is 19.7 Å². The summed E-state index contributed by atoms with van der Waals surface area (Å²) >= 11 is 0. The molecule has 0 saturated heterocycles. The van der Waals surface area contributed by atoms with E-state index in [4.69, 9.17) is 9.84 Å². The second-order valence-corrected chi connectivity index (χ2v) is 9.60. The van der Waals surface area contributed by atoms with E-state index in [-0.39, 0.29) is 29.1 Å². The zero-order chi connectivity index (χ0) is 25.7. The number of carbonyl (C=O) groups excluding carboxylic acids is 1.